The van der Waals surface area contributed by atoms with Crippen molar-refractivity contribution in [2.24, 2.45) is 10.2 Å². The van der Waals surface area contributed by atoms with Gasteiger partial charge in [-0.2, -0.15) is 10.2 Å². The summed E-state index contributed by atoms with van der Waals surface area (Å²) in [5, 5.41) is 17.5. The second-order valence-electron chi connectivity index (χ2n) is 14.2. The molecular weight excluding hydrogens is 881 g/mol. The maximum atomic E-state index is 12.5. The number of carbonyl (C=O) groups is 4. The van der Waals surface area contributed by atoms with Crippen LogP contribution in [-0.2, 0) is 13.1 Å². The third-order valence-electron chi connectivity index (χ3n) is 9.91. The molecule has 2 aliphatic rings. The van der Waals surface area contributed by atoms with Gasteiger partial charge in [-0.05, 0) is 96.1 Å². The van der Waals surface area contributed by atoms with Crippen LogP contribution < -0.4 is 29.6 Å². The first kappa shape index (κ1) is 46.3. The van der Waals surface area contributed by atoms with Gasteiger partial charge in [0.1, 0.15) is 0 Å². The van der Waals surface area contributed by atoms with Crippen molar-refractivity contribution in [3.8, 4) is 23.0 Å². The normalized spacial score (nSPS) is 13.3. The van der Waals surface area contributed by atoms with Gasteiger partial charge in [0.2, 0.25) is 0 Å². The van der Waals surface area contributed by atoms with Crippen LogP contribution in [0.2, 0.25) is 0 Å². The molecule has 8 rings (SSSR count). The van der Waals surface area contributed by atoms with Crippen molar-refractivity contribution in [1.29, 1.82) is 0 Å². The zero-order valence-corrected chi connectivity index (χ0v) is 37.9. The lowest BCUT2D eigenvalue weighted by molar-refractivity contribution is 0.101. The van der Waals surface area contributed by atoms with Gasteiger partial charge in [0, 0.05) is 58.8 Å². The summed E-state index contributed by atoms with van der Waals surface area (Å²) >= 11 is 2.39. The van der Waals surface area contributed by atoms with Crippen molar-refractivity contribution in [1.82, 2.24) is 20.0 Å². The van der Waals surface area contributed by atoms with Crippen LogP contribution in [0.3, 0.4) is 0 Å². The number of thioether (sulfide) groups is 2. The third-order valence-corrected chi connectivity index (χ3v) is 11.7. The second-order valence-corrected chi connectivity index (χ2v) is 16.1. The van der Waals surface area contributed by atoms with Crippen LogP contribution in [0.1, 0.15) is 43.0 Å². The maximum Gasteiger partial charge on any atom is 0.302 e. The average molecular weight is 925 g/mol. The van der Waals surface area contributed by atoms with Gasteiger partial charge < -0.3 is 29.6 Å². The molecule has 4 amide bonds. The molecule has 18 heteroatoms. The van der Waals surface area contributed by atoms with Crippen LogP contribution in [-0.4, -0.2) is 93.6 Å². The minimum absolute atomic E-state index is 0.117. The van der Waals surface area contributed by atoms with E-state index in [1.54, 1.807) is 83.3 Å². The minimum atomic E-state index is -0.251. The molecule has 0 spiro atoms. The number of nitrogens with one attached hydrogen (secondary N) is 2. The van der Waals surface area contributed by atoms with Crippen LogP contribution >= 0.6 is 23.5 Å². The summed E-state index contributed by atoms with van der Waals surface area (Å²) in [6, 6.07) is 32.6. The molecular formula is C48H44N8O8S2. The Labute approximate surface area is 389 Å². The van der Waals surface area contributed by atoms with Gasteiger partial charge >= 0.3 is 10.5 Å². The van der Waals surface area contributed by atoms with Gasteiger partial charge in [-0.15, -0.1) is 0 Å². The number of hydrogen-bond acceptors (Lipinski definition) is 14. The number of pyridine rings is 2. The van der Waals surface area contributed by atoms with E-state index in [4.69, 9.17) is 18.9 Å². The van der Waals surface area contributed by atoms with Crippen LogP contribution in [0.15, 0.2) is 144 Å². The van der Waals surface area contributed by atoms with Crippen molar-refractivity contribution in [2.45, 2.75) is 13.1 Å². The van der Waals surface area contributed by atoms with Gasteiger partial charge in [0.15, 0.2) is 23.0 Å². The number of amides is 4. The predicted molar refractivity (Wildman–Crippen MR) is 256 cm³/mol. The quantitative estimate of drug-likeness (QED) is 0.106. The predicted octanol–water partition coefficient (Wildman–Crippen LogP) is 8.85. The fourth-order valence-corrected chi connectivity index (χ4v) is 8.02. The SMILES string of the molecule is COc1ccc(C2=NN(Cc3ccc(NC(=O)c4cccnc4)cc3)C(=O)SC2)cc1OC.COc1ccc(C2=NN(Cc3cccc(NC(=O)c4cccnc4)c3)C(=O)SC2)cc1OC. The van der Waals surface area contributed by atoms with Crippen LogP contribution in [0.4, 0.5) is 21.0 Å². The van der Waals surface area contributed by atoms with E-state index in [2.05, 4.69) is 30.8 Å². The van der Waals surface area contributed by atoms with Gasteiger partial charge in [0.05, 0.1) is 64.1 Å². The van der Waals surface area contributed by atoms with Crippen molar-refractivity contribution in [2.75, 3.05) is 50.6 Å². The fourth-order valence-electron chi connectivity index (χ4n) is 6.54. The fraction of sp³-hybridized carbons (Fsp3) is 0.167. The number of carbonyl (C=O) groups excluding carboxylic acids is 4. The molecule has 4 heterocycles. The Morgan fingerprint density at radius 1 is 0.545 bits per heavy atom. The topological polar surface area (TPSA) is 186 Å². The molecule has 0 radical (unpaired) electrons. The zero-order valence-electron chi connectivity index (χ0n) is 36.3. The van der Waals surface area contributed by atoms with Crippen LogP contribution in [0.5, 0.6) is 23.0 Å². The Morgan fingerprint density at radius 3 is 1.50 bits per heavy atom. The van der Waals surface area contributed by atoms with E-state index in [0.717, 1.165) is 33.7 Å². The highest BCUT2D eigenvalue weighted by molar-refractivity contribution is 8.14. The summed E-state index contributed by atoms with van der Waals surface area (Å²) in [7, 11) is 6.33. The van der Waals surface area contributed by atoms with Crippen molar-refractivity contribution in [3.05, 3.63) is 167 Å². The number of ether oxygens (including phenoxy) is 4. The molecule has 0 aliphatic carbocycles. The number of hydrogen-bond donors (Lipinski definition) is 2. The molecule has 2 aliphatic heterocycles. The number of methoxy groups -OCH3 is 4. The summed E-state index contributed by atoms with van der Waals surface area (Å²) in [5.41, 5.74) is 7.22. The first-order valence-electron chi connectivity index (χ1n) is 20.2. The highest BCUT2D eigenvalue weighted by Crippen LogP contribution is 2.32. The first-order valence-corrected chi connectivity index (χ1v) is 22.2. The smallest absolute Gasteiger partial charge is 0.302 e. The van der Waals surface area contributed by atoms with Crippen molar-refractivity contribution in [3.63, 3.8) is 0 Å². The lowest BCUT2D eigenvalue weighted by Crippen LogP contribution is -2.29. The molecule has 0 atom stereocenters. The summed E-state index contributed by atoms with van der Waals surface area (Å²) in [5.74, 6) is 2.92. The van der Waals surface area contributed by atoms with E-state index in [9.17, 15) is 19.2 Å². The lowest BCUT2D eigenvalue weighted by Gasteiger charge is -2.23. The van der Waals surface area contributed by atoms with E-state index in [-0.39, 0.29) is 28.8 Å². The molecule has 16 nitrogen and oxygen atoms in total. The minimum Gasteiger partial charge on any atom is -0.493 e. The van der Waals surface area contributed by atoms with Gasteiger partial charge in [-0.1, -0.05) is 47.8 Å². The molecule has 336 valence electrons. The molecule has 2 aromatic heterocycles. The van der Waals surface area contributed by atoms with E-state index < -0.39 is 0 Å². The molecule has 0 saturated carbocycles. The Kier molecular flexibility index (Phi) is 15.6. The van der Waals surface area contributed by atoms with E-state index in [1.807, 2.05) is 66.7 Å². The highest BCUT2D eigenvalue weighted by atomic mass is 32.2. The third kappa shape index (κ3) is 11.9. The summed E-state index contributed by atoms with van der Waals surface area (Å²) in [6.07, 6.45) is 6.25. The second kappa shape index (κ2) is 22.3. The molecule has 4 aromatic carbocycles. The molecule has 0 saturated heterocycles. The largest absolute Gasteiger partial charge is 0.493 e. The van der Waals surface area contributed by atoms with Crippen molar-refractivity contribution >= 4 is 68.6 Å². The highest BCUT2D eigenvalue weighted by Gasteiger charge is 2.25. The first-order chi connectivity index (χ1) is 32.1. The van der Waals surface area contributed by atoms with E-state index >= 15 is 0 Å². The standard InChI is InChI=1S/2C24H22N4O4S/c1-31-21-9-8-17(12-22(21)32-2)20-15-33-24(30)28(27-20)14-16-5-3-7-19(11-16)26-23(29)18-6-4-10-25-13-18;1-31-21-10-7-17(12-22(21)32-2)20-15-33-24(30)28(27-20)14-16-5-8-19(9-6-16)26-23(29)18-4-3-11-25-13-18/h2*3-13H,14-15H2,1-2H3,(H,26,29). The lowest BCUT2D eigenvalue weighted by atomic mass is 10.1. The Bertz CT molecular complexity index is 2760. The van der Waals surface area contributed by atoms with Crippen LogP contribution in [0, 0.1) is 0 Å². The number of aromatic nitrogens is 2. The molecule has 6 aromatic rings. The Morgan fingerprint density at radius 2 is 1.03 bits per heavy atom. The molecule has 66 heavy (non-hydrogen) atoms. The maximum absolute atomic E-state index is 12.5. The van der Waals surface area contributed by atoms with Crippen molar-refractivity contribution < 1.29 is 38.1 Å². The number of benzene rings is 4. The Balaban J connectivity index is 0.000000196. The summed E-state index contributed by atoms with van der Waals surface area (Å²) in [4.78, 5) is 57.5. The van der Waals surface area contributed by atoms with E-state index in [1.165, 1.54) is 45.9 Å². The zero-order chi connectivity index (χ0) is 46.4. The number of hydrazone groups is 2. The van der Waals surface area contributed by atoms with Gasteiger partial charge in [-0.3, -0.25) is 29.1 Å². The van der Waals surface area contributed by atoms with Gasteiger partial charge in [0.25, 0.3) is 11.8 Å². The molecule has 2 N–H and O–H groups in total. The number of nitrogens with zero attached hydrogens (tertiary/aromatic N) is 6. The number of anilines is 2. The monoisotopic (exact) mass is 924 g/mol. The summed E-state index contributed by atoms with van der Waals surface area (Å²) < 4.78 is 21.3. The molecule has 0 bridgehead atoms. The van der Waals surface area contributed by atoms with Crippen LogP contribution in [0.25, 0.3) is 0 Å². The average Bonchev–Trinajstić information content (AvgIpc) is 3.36. The van der Waals surface area contributed by atoms with E-state index in [0.29, 0.717) is 63.6 Å². The van der Waals surface area contributed by atoms with Gasteiger partial charge in [-0.25, -0.2) is 10.0 Å². The number of rotatable bonds is 14. The summed E-state index contributed by atoms with van der Waals surface area (Å²) in [6.45, 7) is 0.596. The molecule has 0 unspecified atom stereocenters. The Hall–Kier alpha value is -7.70. The molecule has 0 fully saturated rings.